The number of amides is 1. The van der Waals surface area contributed by atoms with E-state index in [9.17, 15) is 9.59 Å². The topological polar surface area (TPSA) is 64.0 Å². The lowest BCUT2D eigenvalue weighted by atomic mass is 10.2. The SMILES string of the molecule is Cc1ccc2nc(SCC(=O)Nc3ccccc3C)n(C)c(=O)c2c1. The van der Waals surface area contributed by atoms with Gasteiger partial charge in [0.15, 0.2) is 5.16 Å². The summed E-state index contributed by atoms with van der Waals surface area (Å²) < 4.78 is 1.49. The quantitative estimate of drug-likeness (QED) is 0.577. The van der Waals surface area contributed by atoms with Crippen molar-refractivity contribution < 1.29 is 4.79 Å². The first kappa shape index (κ1) is 17.2. The van der Waals surface area contributed by atoms with Crippen LogP contribution in [0.15, 0.2) is 52.4 Å². The Morgan fingerprint density at radius 1 is 1.20 bits per heavy atom. The fourth-order valence-electron chi connectivity index (χ4n) is 2.52. The van der Waals surface area contributed by atoms with Gasteiger partial charge in [-0.25, -0.2) is 4.98 Å². The number of anilines is 1. The molecule has 128 valence electrons. The highest BCUT2D eigenvalue weighted by Crippen LogP contribution is 2.19. The molecule has 0 radical (unpaired) electrons. The van der Waals surface area contributed by atoms with Crippen LogP contribution >= 0.6 is 11.8 Å². The predicted molar refractivity (Wildman–Crippen MR) is 102 cm³/mol. The molecule has 0 saturated heterocycles. The number of hydrogen-bond donors (Lipinski definition) is 1. The van der Waals surface area contributed by atoms with E-state index < -0.39 is 0 Å². The maximum atomic E-state index is 12.5. The number of aromatic nitrogens is 2. The minimum Gasteiger partial charge on any atom is -0.325 e. The number of carbonyl (C=O) groups is 1. The van der Waals surface area contributed by atoms with E-state index in [0.29, 0.717) is 16.1 Å². The Bertz CT molecular complexity index is 1010. The summed E-state index contributed by atoms with van der Waals surface area (Å²) in [5.41, 5.74) is 3.37. The Labute approximate surface area is 150 Å². The molecule has 6 heteroatoms. The summed E-state index contributed by atoms with van der Waals surface area (Å²) in [5.74, 6) is 0.0592. The molecular weight excluding hydrogens is 334 g/mol. The molecule has 0 unspecified atom stereocenters. The van der Waals surface area contributed by atoms with Gasteiger partial charge in [0.1, 0.15) is 0 Å². The highest BCUT2D eigenvalue weighted by Gasteiger charge is 2.11. The molecule has 3 rings (SSSR count). The highest BCUT2D eigenvalue weighted by molar-refractivity contribution is 7.99. The van der Waals surface area contributed by atoms with Crippen molar-refractivity contribution >= 4 is 34.3 Å². The number of rotatable bonds is 4. The predicted octanol–water partition coefficient (Wildman–Crippen LogP) is 3.28. The number of aryl methyl sites for hydroxylation is 2. The second-order valence-corrected chi connectivity index (χ2v) is 6.87. The van der Waals surface area contributed by atoms with E-state index in [1.165, 1.54) is 16.3 Å². The van der Waals surface area contributed by atoms with Gasteiger partial charge in [-0.05, 0) is 37.6 Å². The standard InChI is InChI=1S/C19H19N3O2S/c1-12-8-9-16-14(10-12)18(24)22(3)19(21-16)25-11-17(23)20-15-7-5-4-6-13(15)2/h4-10H,11H2,1-3H3,(H,20,23). The Morgan fingerprint density at radius 3 is 2.72 bits per heavy atom. The number of carbonyl (C=O) groups excluding carboxylic acids is 1. The number of fused-ring (bicyclic) bond motifs is 1. The van der Waals surface area contributed by atoms with Crippen LogP contribution in [0.3, 0.4) is 0 Å². The largest absolute Gasteiger partial charge is 0.325 e. The molecule has 1 aromatic heterocycles. The molecule has 0 saturated carbocycles. The van der Waals surface area contributed by atoms with Crippen LogP contribution in [0.5, 0.6) is 0 Å². The van der Waals surface area contributed by atoms with Gasteiger partial charge < -0.3 is 5.32 Å². The minimum atomic E-state index is -0.127. The molecule has 0 fully saturated rings. The van der Waals surface area contributed by atoms with E-state index in [1.54, 1.807) is 7.05 Å². The molecule has 25 heavy (non-hydrogen) atoms. The van der Waals surface area contributed by atoms with Crippen molar-refractivity contribution in [2.45, 2.75) is 19.0 Å². The van der Waals surface area contributed by atoms with Crippen LogP contribution in [0, 0.1) is 13.8 Å². The molecule has 0 aliphatic carbocycles. The second-order valence-electron chi connectivity index (χ2n) is 5.93. The van der Waals surface area contributed by atoms with Crippen molar-refractivity contribution in [1.29, 1.82) is 0 Å². The highest BCUT2D eigenvalue weighted by atomic mass is 32.2. The third kappa shape index (κ3) is 3.74. The summed E-state index contributed by atoms with van der Waals surface area (Å²) in [6, 6.07) is 13.2. The fraction of sp³-hybridized carbons (Fsp3) is 0.211. The minimum absolute atomic E-state index is 0.101. The van der Waals surface area contributed by atoms with E-state index in [2.05, 4.69) is 10.3 Å². The maximum Gasteiger partial charge on any atom is 0.261 e. The molecule has 2 aromatic carbocycles. The first-order chi connectivity index (χ1) is 12.0. The first-order valence-corrected chi connectivity index (χ1v) is 8.90. The van der Waals surface area contributed by atoms with Crippen molar-refractivity contribution in [2.75, 3.05) is 11.1 Å². The number of nitrogens with one attached hydrogen (secondary N) is 1. The van der Waals surface area contributed by atoms with Gasteiger partial charge in [0.25, 0.3) is 5.56 Å². The fourth-order valence-corrected chi connectivity index (χ4v) is 3.29. The average molecular weight is 353 g/mol. The lowest BCUT2D eigenvalue weighted by molar-refractivity contribution is -0.113. The Hall–Kier alpha value is -2.60. The van der Waals surface area contributed by atoms with Crippen molar-refractivity contribution in [3.8, 4) is 0 Å². The molecule has 0 spiro atoms. The smallest absolute Gasteiger partial charge is 0.261 e. The average Bonchev–Trinajstić information content (AvgIpc) is 2.59. The monoisotopic (exact) mass is 353 g/mol. The van der Waals surface area contributed by atoms with E-state index in [-0.39, 0.29) is 17.2 Å². The summed E-state index contributed by atoms with van der Waals surface area (Å²) in [6.07, 6.45) is 0. The number of hydrogen-bond acceptors (Lipinski definition) is 4. The van der Waals surface area contributed by atoms with Crippen LogP contribution in [0.4, 0.5) is 5.69 Å². The van der Waals surface area contributed by atoms with Crippen molar-refractivity contribution in [3.05, 3.63) is 63.9 Å². The zero-order valence-electron chi connectivity index (χ0n) is 14.4. The Morgan fingerprint density at radius 2 is 1.96 bits per heavy atom. The van der Waals surface area contributed by atoms with Gasteiger partial charge in [0.05, 0.1) is 16.7 Å². The first-order valence-electron chi connectivity index (χ1n) is 7.91. The van der Waals surface area contributed by atoms with Crippen molar-refractivity contribution in [3.63, 3.8) is 0 Å². The van der Waals surface area contributed by atoms with Gasteiger partial charge in [0.2, 0.25) is 5.91 Å². The van der Waals surface area contributed by atoms with Crippen LogP contribution in [0.1, 0.15) is 11.1 Å². The van der Waals surface area contributed by atoms with Crippen molar-refractivity contribution in [1.82, 2.24) is 9.55 Å². The number of para-hydroxylation sites is 1. The van der Waals surface area contributed by atoms with E-state index in [1.807, 2.05) is 56.3 Å². The van der Waals surface area contributed by atoms with Crippen LogP contribution in [0.25, 0.3) is 10.9 Å². The van der Waals surface area contributed by atoms with Crippen LogP contribution in [0.2, 0.25) is 0 Å². The third-order valence-corrected chi connectivity index (χ3v) is 4.97. The lowest BCUT2D eigenvalue weighted by Crippen LogP contribution is -2.21. The third-order valence-electron chi connectivity index (χ3n) is 3.94. The van der Waals surface area contributed by atoms with Gasteiger partial charge in [-0.2, -0.15) is 0 Å². The second kappa shape index (κ2) is 7.11. The number of thioether (sulfide) groups is 1. The van der Waals surface area contributed by atoms with E-state index in [4.69, 9.17) is 0 Å². The molecule has 0 aliphatic heterocycles. The Kier molecular flexibility index (Phi) is 4.90. The summed E-state index contributed by atoms with van der Waals surface area (Å²) in [7, 11) is 1.68. The van der Waals surface area contributed by atoms with Gasteiger partial charge in [-0.3, -0.25) is 14.2 Å². The van der Waals surface area contributed by atoms with Crippen LogP contribution < -0.4 is 10.9 Å². The van der Waals surface area contributed by atoms with Gasteiger partial charge in [0, 0.05) is 12.7 Å². The summed E-state index contributed by atoms with van der Waals surface area (Å²) in [6.45, 7) is 3.89. The molecule has 3 aromatic rings. The molecule has 1 amide bonds. The molecule has 0 aliphatic rings. The van der Waals surface area contributed by atoms with Crippen LogP contribution in [-0.4, -0.2) is 21.2 Å². The summed E-state index contributed by atoms with van der Waals surface area (Å²) >= 11 is 1.25. The zero-order valence-corrected chi connectivity index (χ0v) is 15.2. The van der Waals surface area contributed by atoms with Crippen molar-refractivity contribution in [2.24, 2.45) is 7.05 Å². The molecular formula is C19H19N3O2S. The van der Waals surface area contributed by atoms with Gasteiger partial charge >= 0.3 is 0 Å². The molecule has 1 heterocycles. The molecule has 1 N–H and O–H groups in total. The number of nitrogens with zero attached hydrogens (tertiary/aromatic N) is 2. The molecule has 5 nitrogen and oxygen atoms in total. The maximum absolute atomic E-state index is 12.5. The Balaban J connectivity index is 1.78. The summed E-state index contributed by atoms with van der Waals surface area (Å²) in [4.78, 5) is 29.2. The molecule has 0 bridgehead atoms. The number of benzene rings is 2. The van der Waals surface area contributed by atoms with Gasteiger partial charge in [-0.1, -0.05) is 41.6 Å². The summed E-state index contributed by atoms with van der Waals surface area (Å²) in [5, 5.41) is 4.01. The zero-order chi connectivity index (χ0) is 18.0. The van der Waals surface area contributed by atoms with E-state index >= 15 is 0 Å². The van der Waals surface area contributed by atoms with E-state index in [0.717, 1.165) is 16.8 Å². The molecule has 0 atom stereocenters. The van der Waals surface area contributed by atoms with Crippen LogP contribution in [-0.2, 0) is 11.8 Å². The lowest BCUT2D eigenvalue weighted by Gasteiger charge is -2.10. The normalized spacial score (nSPS) is 10.8. The van der Waals surface area contributed by atoms with Gasteiger partial charge in [-0.15, -0.1) is 0 Å².